The van der Waals surface area contributed by atoms with E-state index in [1.54, 1.807) is 0 Å². The molecule has 0 aliphatic rings. The second kappa shape index (κ2) is 45.6. The van der Waals surface area contributed by atoms with Gasteiger partial charge in [0, 0.05) is 51.7 Å². The van der Waals surface area contributed by atoms with E-state index < -0.39 is 17.6 Å². The second-order valence-electron chi connectivity index (χ2n) is 16.0. The Kier molecular flexibility index (Phi) is 44.5. The summed E-state index contributed by atoms with van der Waals surface area (Å²) in [6.07, 6.45) is 50.3. The molecule has 0 N–H and O–H groups in total. The predicted octanol–water partition coefficient (Wildman–Crippen LogP) is 14.9. The molecule has 0 spiro atoms. The van der Waals surface area contributed by atoms with Gasteiger partial charge in [-0.3, -0.25) is 0 Å². The van der Waals surface area contributed by atoms with Crippen LogP contribution in [0.3, 0.4) is 0 Å². The molecule has 60 heavy (non-hydrogen) atoms. The largest absolute Gasteiger partial charge is 0.500 e. The zero-order valence-corrected chi connectivity index (χ0v) is 42.5. The topological polar surface area (TPSA) is 58.6 Å². The first kappa shape index (κ1) is 58.6. The van der Waals surface area contributed by atoms with E-state index in [1.165, 1.54) is 38.5 Å². The van der Waals surface area contributed by atoms with Crippen LogP contribution in [0.4, 0.5) is 0 Å². The average molecular weight is 877 g/mol. The van der Waals surface area contributed by atoms with Crippen molar-refractivity contribution in [2.75, 3.05) is 59.8 Å². The third-order valence-electron chi connectivity index (χ3n) is 9.92. The molecule has 0 bridgehead atoms. The van der Waals surface area contributed by atoms with Crippen molar-refractivity contribution in [3.8, 4) is 0 Å². The standard InChI is InChI=1S/C51H97NO6Si2/c1-8-14-20-26-34-44-53-59(54-45-35-27-21-15-9-2,55-46-36-28-22-16-10-3)50-40-32-42-52(7)43-33-41-51-60(56-47-37-29-23-17-11-4,57-48-38-30-24-18-12-5)58-49-39-31-25-19-13-6/h20-31H,8-19,32-51H2,1-7H3/b26-20-,27-21-,28-22-,29-23-,30-24-,31-25-. The van der Waals surface area contributed by atoms with Gasteiger partial charge in [-0.05, 0) is 123 Å². The molecule has 0 unspecified atom stereocenters. The summed E-state index contributed by atoms with van der Waals surface area (Å²) in [5.41, 5.74) is 0. The molecule has 9 heteroatoms. The van der Waals surface area contributed by atoms with Gasteiger partial charge in [-0.2, -0.15) is 0 Å². The zero-order chi connectivity index (χ0) is 43.9. The maximum Gasteiger partial charge on any atom is 0.500 e. The Morgan fingerprint density at radius 2 is 0.500 bits per heavy atom. The van der Waals surface area contributed by atoms with E-state index in [9.17, 15) is 0 Å². The molecule has 0 fully saturated rings. The molecule has 350 valence electrons. The summed E-state index contributed by atoms with van der Waals surface area (Å²) in [6.45, 7) is 19.2. The Bertz CT molecular complexity index is 886. The maximum atomic E-state index is 6.68. The highest BCUT2D eigenvalue weighted by Gasteiger charge is 2.41. The highest BCUT2D eigenvalue weighted by atomic mass is 28.4. The first-order valence-electron chi connectivity index (χ1n) is 24.9. The summed E-state index contributed by atoms with van der Waals surface area (Å²) in [7, 11) is -3.46. The van der Waals surface area contributed by atoms with Crippen LogP contribution in [0, 0.1) is 0 Å². The first-order valence-corrected chi connectivity index (χ1v) is 28.7. The van der Waals surface area contributed by atoms with Gasteiger partial charge in [-0.1, -0.05) is 153 Å². The molecule has 0 aromatic rings. The average Bonchev–Trinajstić information content (AvgIpc) is 3.25. The lowest BCUT2D eigenvalue weighted by molar-refractivity contribution is 0.0616. The highest BCUT2D eigenvalue weighted by molar-refractivity contribution is 6.61. The fourth-order valence-electron chi connectivity index (χ4n) is 6.35. The molecule has 0 heterocycles. The maximum absolute atomic E-state index is 6.68. The molecule has 0 saturated heterocycles. The van der Waals surface area contributed by atoms with E-state index >= 15 is 0 Å². The molecule has 0 aromatic carbocycles. The lowest BCUT2D eigenvalue weighted by atomic mass is 10.3. The molecule has 0 aliphatic heterocycles. The smallest absolute Gasteiger partial charge is 0.373 e. The van der Waals surface area contributed by atoms with Crippen LogP contribution in [0.25, 0.3) is 0 Å². The molecule has 0 radical (unpaired) electrons. The van der Waals surface area contributed by atoms with E-state index in [1.807, 2.05) is 0 Å². The number of rotatable bonds is 46. The van der Waals surface area contributed by atoms with Crippen molar-refractivity contribution >= 4 is 17.6 Å². The normalized spacial score (nSPS) is 13.2. The van der Waals surface area contributed by atoms with E-state index in [4.69, 9.17) is 26.6 Å². The van der Waals surface area contributed by atoms with E-state index in [2.05, 4.69) is 126 Å². The van der Waals surface area contributed by atoms with Crippen LogP contribution in [-0.2, 0) is 26.6 Å². The lowest BCUT2D eigenvalue weighted by Gasteiger charge is -2.30. The minimum atomic E-state index is -2.86. The molecular formula is C51H97NO6Si2. The molecule has 0 saturated carbocycles. The number of hydrogen-bond acceptors (Lipinski definition) is 7. The lowest BCUT2D eigenvalue weighted by Crippen LogP contribution is -2.46. The fourth-order valence-corrected chi connectivity index (χ4v) is 11.7. The van der Waals surface area contributed by atoms with Crippen molar-refractivity contribution < 1.29 is 26.6 Å². The number of unbranched alkanes of at least 4 members (excludes halogenated alkanes) is 8. The van der Waals surface area contributed by atoms with Crippen molar-refractivity contribution in [3.63, 3.8) is 0 Å². The monoisotopic (exact) mass is 876 g/mol. The Morgan fingerprint density at radius 1 is 0.300 bits per heavy atom. The summed E-state index contributed by atoms with van der Waals surface area (Å²) >= 11 is 0. The number of nitrogens with zero attached hydrogens (tertiary/aromatic N) is 1. The van der Waals surface area contributed by atoms with E-state index in [0.717, 1.165) is 128 Å². The molecule has 0 amide bonds. The van der Waals surface area contributed by atoms with Gasteiger partial charge in [0.1, 0.15) is 0 Å². The van der Waals surface area contributed by atoms with Gasteiger partial charge in [-0.15, -0.1) is 0 Å². The number of hydrogen-bond donors (Lipinski definition) is 0. The van der Waals surface area contributed by atoms with Gasteiger partial charge in [0.2, 0.25) is 0 Å². The van der Waals surface area contributed by atoms with Gasteiger partial charge in [0.15, 0.2) is 0 Å². The van der Waals surface area contributed by atoms with Crippen molar-refractivity contribution in [2.45, 2.75) is 195 Å². The van der Waals surface area contributed by atoms with Crippen LogP contribution in [0.1, 0.15) is 183 Å². The summed E-state index contributed by atoms with van der Waals surface area (Å²) < 4.78 is 40.1. The molecule has 0 atom stereocenters. The van der Waals surface area contributed by atoms with Crippen molar-refractivity contribution in [2.24, 2.45) is 0 Å². The van der Waals surface area contributed by atoms with Gasteiger partial charge >= 0.3 is 17.6 Å². The summed E-state index contributed by atoms with van der Waals surface area (Å²) in [5.74, 6) is 0. The number of allylic oxidation sites excluding steroid dienone is 6. The first-order chi connectivity index (χ1) is 29.5. The Balaban J connectivity index is 5.56. The molecule has 0 aromatic heterocycles. The van der Waals surface area contributed by atoms with Crippen molar-refractivity contribution in [3.05, 3.63) is 72.9 Å². The molecule has 0 rings (SSSR count). The Hall–Kier alpha value is -1.41. The van der Waals surface area contributed by atoms with Crippen LogP contribution in [-0.4, -0.2) is 82.3 Å². The second-order valence-corrected chi connectivity index (χ2v) is 21.4. The van der Waals surface area contributed by atoms with E-state index in [0.29, 0.717) is 39.6 Å². The van der Waals surface area contributed by atoms with E-state index in [-0.39, 0.29) is 0 Å². The molecule has 0 aliphatic carbocycles. The van der Waals surface area contributed by atoms with Gasteiger partial charge in [0.05, 0.1) is 0 Å². The van der Waals surface area contributed by atoms with Crippen molar-refractivity contribution in [1.29, 1.82) is 0 Å². The van der Waals surface area contributed by atoms with Crippen LogP contribution >= 0.6 is 0 Å². The zero-order valence-electron chi connectivity index (χ0n) is 40.5. The highest BCUT2D eigenvalue weighted by Crippen LogP contribution is 2.23. The molecular weight excluding hydrogens is 779 g/mol. The van der Waals surface area contributed by atoms with Crippen LogP contribution in [0.5, 0.6) is 0 Å². The predicted molar refractivity (Wildman–Crippen MR) is 265 cm³/mol. The third-order valence-corrected chi connectivity index (χ3v) is 15.7. The summed E-state index contributed by atoms with van der Waals surface area (Å²) in [5, 5.41) is 0. The van der Waals surface area contributed by atoms with Crippen LogP contribution < -0.4 is 0 Å². The quantitative estimate of drug-likeness (QED) is 0.0343. The Labute approximate surface area is 375 Å². The minimum Gasteiger partial charge on any atom is -0.373 e. The van der Waals surface area contributed by atoms with Crippen molar-refractivity contribution in [1.82, 2.24) is 4.90 Å². The minimum absolute atomic E-state index is 0.645. The summed E-state index contributed by atoms with van der Waals surface area (Å²) in [4.78, 5) is 2.47. The molecule has 7 nitrogen and oxygen atoms in total. The third kappa shape index (κ3) is 37.2. The van der Waals surface area contributed by atoms with Gasteiger partial charge < -0.3 is 31.5 Å². The summed E-state index contributed by atoms with van der Waals surface area (Å²) in [6, 6.07) is 1.71. The van der Waals surface area contributed by atoms with Crippen LogP contribution in [0.2, 0.25) is 12.1 Å². The van der Waals surface area contributed by atoms with Gasteiger partial charge in [0.25, 0.3) is 0 Å². The van der Waals surface area contributed by atoms with Crippen LogP contribution in [0.15, 0.2) is 72.9 Å². The Morgan fingerprint density at radius 3 is 0.700 bits per heavy atom. The fraction of sp³-hybridized carbons (Fsp3) is 0.765. The van der Waals surface area contributed by atoms with Gasteiger partial charge in [-0.25, -0.2) is 0 Å². The SMILES string of the molecule is CCC/C=C\CCO[Si](CCCCN(C)CCCC[Si](OCC/C=C\CCC)(OCC/C=C\CCC)OCC/C=C\CCC)(OCC/C=C\CCC)OCC/C=C\CCC.